The minimum absolute atomic E-state index is 0.0908. The molecule has 0 aromatic carbocycles. The maximum Gasteiger partial charge on any atom is 0.282 e. The maximum absolute atomic E-state index is 12.6. The van der Waals surface area contributed by atoms with Crippen molar-refractivity contribution < 1.29 is 13.5 Å². The molecule has 1 saturated heterocycles. The van der Waals surface area contributed by atoms with Gasteiger partial charge in [-0.3, -0.25) is 0 Å². The van der Waals surface area contributed by atoms with E-state index < -0.39 is 10.2 Å². The average molecular weight is 278 g/mol. The van der Waals surface area contributed by atoms with E-state index in [0.29, 0.717) is 19.6 Å². The first-order chi connectivity index (χ1) is 8.48. The van der Waals surface area contributed by atoms with E-state index in [2.05, 4.69) is 0 Å². The molecule has 0 amide bonds. The predicted octanol–water partition coefficient (Wildman–Crippen LogP) is 1.06. The molecule has 5 nitrogen and oxygen atoms in total. The van der Waals surface area contributed by atoms with E-state index in [9.17, 15) is 13.5 Å². The van der Waals surface area contributed by atoms with Crippen LogP contribution in [0.1, 0.15) is 40.0 Å². The molecule has 0 aromatic rings. The Morgan fingerprint density at radius 2 is 1.83 bits per heavy atom. The van der Waals surface area contributed by atoms with E-state index in [-0.39, 0.29) is 18.6 Å². The van der Waals surface area contributed by atoms with Gasteiger partial charge in [0.2, 0.25) is 0 Å². The van der Waals surface area contributed by atoms with Gasteiger partial charge in [0.15, 0.2) is 0 Å². The fourth-order valence-electron chi connectivity index (χ4n) is 2.52. The third-order valence-corrected chi connectivity index (χ3v) is 5.65. The van der Waals surface area contributed by atoms with Crippen LogP contribution in [0.25, 0.3) is 0 Å². The van der Waals surface area contributed by atoms with Crippen molar-refractivity contribution in [1.82, 2.24) is 8.61 Å². The summed E-state index contributed by atoms with van der Waals surface area (Å²) in [5.74, 6) is 0.231. The largest absolute Gasteiger partial charge is 0.395 e. The highest BCUT2D eigenvalue weighted by atomic mass is 32.2. The van der Waals surface area contributed by atoms with Crippen molar-refractivity contribution in [2.75, 3.05) is 26.2 Å². The lowest BCUT2D eigenvalue weighted by Crippen LogP contribution is -2.48. The van der Waals surface area contributed by atoms with Crippen LogP contribution in [0.5, 0.6) is 0 Å². The Hall–Kier alpha value is -0.170. The highest BCUT2D eigenvalue weighted by molar-refractivity contribution is 7.86. The molecule has 2 unspecified atom stereocenters. The zero-order valence-electron chi connectivity index (χ0n) is 11.7. The molecule has 1 rings (SSSR count). The van der Waals surface area contributed by atoms with Crippen LogP contribution in [0.3, 0.4) is 0 Å². The second kappa shape index (κ2) is 6.84. The molecule has 0 spiro atoms. The van der Waals surface area contributed by atoms with E-state index in [0.717, 1.165) is 19.3 Å². The van der Waals surface area contributed by atoms with Gasteiger partial charge in [-0.05, 0) is 25.2 Å². The van der Waals surface area contributed by atoms with Crippen LogP contribution in [-0.4, -0.2) is 54.4 Å². The van der Waals surface area contributed by atoms with Gasteiger partial charge in [-0.2, -0.15) is 17.0 Å². The predicted molar refractivity (Wildman–Crippen MR) is 72.4 cm³/mol. The number of hydrogen-bond donors (Lipinski definition) is 1. The lowest BCUT2D eigenvalue weighted by molar-refractivity contribution is 0.184. The number of aliphatic hydroxyl groups excluding tert-OH is 1. The lowest BCUT2D eigenvalue weighted by atomic mass is 10.0. The number of rotatable bonds is 7. The van der Waals surface area contributed by atoms with Crippen LogP contribution in [0.2, 0.25) is 0 Å². The first-order valence-electron chi connectivity index (χ1n) is 6.86. The Kier molecular flexibility index (Phi) is 6.04. The number of nitrogens with zero attached hydrogens (tertiary/aromatic N) is 2. The number of hydrogen-bond acceptors (Lipinski definition) is 3. The van der Waals surface area contributed by atoms with Gasteiger partial charge in [0.05, 0.1) is 12.6 Å². The Labute approximate surface area is 111 Å². The molecule has 1 N–H and O–H groups in total. The molecular formula is C12H26N2O3S. The van der Waals surface area contributed by atoms with E-state index in [4.69, 9.17) is 0 Å². The van der Waals surface area contributed by atoms with Crippen molar-refractivity contribution in [1.29, 1.82) is 0 Å². The Bertz CT molecular complexity index is 339. The van der Waals surface area contributed by atoms with Gasteiger partial charge in [-0.25, -0.2) is 0 Å². The fraction of sp³-hybridized carbons (Fsp3) is 1.00. The third kappa shape index (κ3) is 3.23. The molecule has 0 aliphatic carbocycles. The van der Waals surface area contributed by atoms with Gasteiger partial charge in [-0.15, -0.1) is 0 Å². The molecule has 1 heterocycles. The second-order valence-corrected chi connectivity index (χ2v) is 6.91. The van der Waals surface area contributed by atoms with Gasteiger partial charge < -0.3 is 5.11 Å². The summed E-state index contributed by atoms with van der Waals surface area (Å²) in [4.78, 5) is 0. The highest BCUT2D eigenvalue weighted by Gasteiger charge is 2.40. The van der Waals surface area contributed by atoms with Crippen molar-refractivity contribution in [3.63, 3.8) is 0 Å². The first kappa shape index (κ1) is 15.9. The molecule has 1 aliphatic rings. The lowest BCUT2D eigenvalue weighted by Gasteiger charge is -2.31. The summed E-state index contributed by atoms with van der Waals surface area (Å²) in [6.07, 6.45) is 2.45. The molecule has 18 heavy (non-hydrogen) atoms. The molecule has 1 aliphatic heterocycles. The molecule has 0 radical (unpaired) electrons. The van der Waals surface area contributed by atoms with Crippen molar-refractivity contribution >= 4 is 10.2 Å². The van der Waals surface area contributed by atoms with Crippen LogP contribution in [0.15, 0.2) is 0 Å². The van der Waals surface area contributed by atoms with Gasteiger partial charge in [0.25, 0.3) is 10.2 Å². The smallest absolute Gasteiger partial charge is 0.282 e. The quantitative estimate of drug-likeness (QED) is 0.757. The Balaban J connectivity index is 2.89. The standard InChI is InChI=1S/C12H26N2O3S/c1-4-7-13(8-5-2)18(16,17)14-9-6-11(3)12(14)10-15/h11-12,15H,4-10H2,1-3H3. The molecular weight excluding hydrogens is 252 g/mol. The first-order valence-corrected chi connectivity index (χ1v) is 8.26. The van der Waals surface area contributed by atoms with Crippen molar-refractivity contribution in [2.45, 2.75) is 46.1 Å². The highest BCUT2D eigenvalue weighted by Crippen LogP contribution is 2.28. The summed E-state index contributed by atoms with van der Waals surface area (Å²) in [6.45, 7) is 7.51. The van der Waals surface area contributed by atoms with Crippen molar-refractivity contribution in [3.05, 3.63) is 0 Å². The van der Waals surface area contributed by atoms with E-state index >= 15 is 0 Å². The van der Waals surface area contributed by atoms with Gasteiger partial charge in [-0.1, -0.05) is 20.8 Å². The van der Waals surface area contributed by atoms with E-state index in [1.165, 1.54) is 4.31 Å². The average Bonchev–Trinajstić information content (AvgIpc) is 2.70. The maximum atomic E-state index is 12.6. The zero-order chi connectivity index (χ0) is 13.8. The summed E-state index contributed by atoms with van der Waals surface area (Å²) in [7, 11) is -3.41. The van der Waals surface area contributed by atoms with E-state index in [1.807, 2.05) is 20.8 Å². The van der Waals surface area contributed by atoms with Crippen molar-refractivity contribution in [3.8, 4) is 0 Å². The van der Waals surface area contributed by atoms with Crippen LogP contribution in [0.4, 0.5) is 0 Å². The van der Waals surface area contributed by atoms with Crippen molar-refractivity contribution in [2.24, 2.45) is 5.92 Å². The molecule has 0 saturated carbocycles. The summed E-state index contributed by atoms with van der Waals surface area (Å²) < 4.78 is 28.2. The van der Waals surface area contributed by atoms with Crippen LogP contribution in [0, 0.1) is 5.92 Å². The fourth-order valence-corrected chi connectivity index (χ4v) is 4.60. The van der Waals surface area contributed by atoms with Gasteiger partial charge >= 0.3 is 0 Å². The Morgan fingerprint density at radius 3 is 2.28 bits per heavy atom. The molecule has 108 valence electrons. The minimum Gasteiger partial charge on any atom is -0.395 e. The summed E-state index contributed by atoms with van der Waals surface area (Å²) in [5, 5.41) is 9.39. The van der Waals surface area contributed by atoms with Gasteiger partial charge in [0, 0.05) is 19.6 Å². The van der Waals surface area contributed by atoms with Crippen LogP contribution >= 0.6 is 0 Å². The Morgan fingerprint density at radius 1 is 1.28 bits per heavy atom. The monoisotopic (exact) mass is 278 g/mol. The van der Waals surface area contributed by atoms with Gasteiger partial charge in [0.1, 0.15) is 0 Å². The molecule has 2 atom stereocenters. The molecule has 1 fully saturated rings. The topological polar surface area (TPSA) is 60.9 Å². The van der Waals surface area contributed by atoms with Crippen LogP contribution in [-0.2, 0) is 10.2 Å². The summed E-state index contributed by atoms with van der Waals surface area (Å²) >= 11 is 0. The van der Waals surface area contributed by atoms with Crippen LogP contribution < -0.4 is 0 Å². The normalized spacial score (nSPS) is 26.1. The molecule has 6 heteroatoms. The zero-order valence-corrected chi connectivity index (χ0v) is 12.5. The SMILES string of the molecule is CCCN(CCC)S(=O)(=O)N1CCC(C)C1CO. The second-order valence-electron chi connectivity index (χ2n) is 5.03. The summed E-state index contributed by atoms with van der Waals surface area (Å²) in [5.41, 5.74) is 0. The summed E-state index contributed by atoms with van der Waals surface area (Å²) in [6, 6.07) is -0.258. The molecule has 0 aromatic heterocycles. The minimum atomic E-state index is -3.41. The number of aliphatic hydroxyl groups is 1. The third-order valence-electron chi connectivity index (χ3n) is 3.59. The van der Waals surface area contributed by atoms with E-state index in [1.54, 1.807) is 4.31 Å². The molecule has 0 bridgehead atoms.